The fraction of sp³-hybridized carbons (Fsp3) is 0.235. The number of carbonyl (C=O) groups is 1. The number of carbonyl (C=O) groups excluding carboxylic acids is 1. The van der Waals surface area contributed by atoms with Gasteiger partial charge in [0.1, 0.15) is 18.1 Å². The number of ether oxygens (including phenoxy) is 3. The van der Waals surface area contributed by atoms with E-state index in [0.29, 0.717) is 24.5 Å². The lowest BCUT2D eigenvalue weighted by Crippen LogP contribution is -2.07. The summed E-state index contributed by atoms with van der Waals surface area (Å²) in [6, 6.07) is 14.6. The summed E-state index contributed by atoms with van der Waals surface area (Å²) in [5.74, 6) is 1.09. The van der Waals surface area contributed by atoms with Crippen molar-refractivity contribution in [2.75, 3.05) is 13.7 Å². The Labute approximate surface area is 124 Å². The van der Waals surface area contributed by atoms with E-state index < -0.39 is 0 Å². The van der Waals surface area contributed by atoms with Gasteiger partial charge in [0, 0.05) is 11.6 Å². The van der Waals surface area contributed by atoms with Crippen molar-refractivity contribution in [1.82, 2.24) is 0 Å². The highest BCUT2D eigenvalue weighted by atomic mass is 16.5. The van der Waals surface area contributed by atoms with Crippen molar-refractivity contribution in [1.29, 1.82) is 0 Å². The van der Waals surface area contributed by atoms with E-state index in [9.17, 15) is 4.79 Å². The molecule has 0 bridgehead atoms. The molecular formula is C17H18O4. The summed E-state index contributed by atoms with van der Waals surface area (Å²) in [6.07, 6.45) is 0. The van der Waals surface area contributed by atoms with E-state index in [1.165, 1.54) is 7.11 Å². The van der Waals surface area contributed by atoms with Crippen LogP contribution in [0.1, 0.15) is 22.8 Å². The van der Waals surface area contributed by atoms with Gasteiger partial charge in [-0.25, -0.2) is 4.79 Å². The molecule has 2 rings (SSSR count). The molecule has 0 saturated carbocycles. The minimum Gasteiger partial charge on any atom is -0.494 e. The molecule has 0 N–H and O–H groups in total. The van der Waals surface area contributed by atoms with Crippen molar-refractivity contribution >= 4 is 5.97 Å². The van der Waals surface area contributed by atoms with Crippen LogP contribution in [0.5, 0.6) is 11.5 Å². The predicted octanol–water partition coefficient (Wildman–Crippen LogP) is 3.45. The maximum Gasteiger partial charge on any atom is 0.338 e. The number of hydrogen-bond acceptors (Lipinski definition) is 4. The molecule has 0 radical (unpaired) electrons. The lowest BCUT2D eigenvalue weighted by atomic mass is 10.1. The summed E-state index contributed by atoms with van der Waals surface area (Å²) in [4.78, 5) is 11.7. The maximum atomic E-state index is 11.7. The standard InChI is InChI=1S/C17H18O4/c1-3-20-14-8-6-9-15(11-14)21-12-13-7-4-5-10-16(13)17(18)19-2/h4-11H,3,12H2,1-2H3. The second-order valence-corrected chi connectivity index (χ2v) is 4.35. The highest BCUT2D eigenvalue weighted by molar-refractivity contribution is 5.90. The van der Waals surface area contributed by atoms with Crippen LogP contribution in [0.25, 0.3) is 0 Å². The van der Waals surface area contributed by atoms with E-state index >= 15 is 0 Å². The molecule has 0 heterocycles. The van der Waals surface area contributed by atoms with Crippen LogP contribution in [0.15, 0.2) is 48.5 Å². The van der Waals surface area contributed by atoms with Gasteiger partial charge < -0.3 is 14.2 Å². The van der Waals surface area contributed by atoms with Gasteiger partial charge in [-0.05, 0) is 25.1 Å². The van der Waals surface area contributed by atoms with Gasteiger partial charge in [-0.1, -0.05) is 24.3 Å². The fourth-order valence-electron chi connectivity index (χ4n) is 1.94. The van der Waals surface area contributed by atoms with Crippen LogP contribution in [0.2, 0.25) is 0 Å². The zero-order valence-corrected chi connectivity index (χ0v) is 12.2. The molecule has 0 atom stereocenters. The summed E-state index contributed by atoms with van der Waals surface area (Å²) < 4.78 is 15.9. The molecule has 0 amide bonds. The fourth-order valence-corrected chi connectivity index (χ4v) is 1.94. The summed E-state index contributed by atoms with van der Waals surface area (Å²) in [7, 11) is 1.37. The minimum atomic E-state index is -0.364. The number of benzene rings is 2. The van der Waals surface area contributed by atoms with Crippen molar-refractivity contribution < 1.29 is 19.0 Å². The van der Waals surface area contributed by atoms with Crippen LogP contribution in [0.3, 0.4) is 0 Å². The minimum absolute atomic E-state index is 0.293. The van der Waals surface area contributed by atoms with E-state index in [2.05, 4.69) is 0 Å². The third-order valence-electron chi connectivity index (χ3n) is 2.93. The number of rotatable bonds is 6. The Morgan fingerprint density at radius 3 is 2.43 bits per heavy atom. The molecule has 4 heteroatoms. The van der Waals surface area contributed by atoms with Gasteiger partial charge in [0.15, 0.2) is 0 Å². The number of esters is 1. The van der Waals surface area contributed by atoms with Gasteiger partial charge >= 0.3 is 5.97 Å². The summed E-state index contributed by atoms with van der Waals surface area (Å²) in [6.45, 7) is 2.83. The Morgan fingerprint density at radius 1 is 1.00 bits per heavy atom. The van der Waals surface area contributed by atoms with Crippen LogP contribution in [0.4, 0.5) is 0 Å². The van der Waals surface area contributed by atoms with Gasteiger partial charge in [-0.2, -0.15) is 0 Å². The molecule has 4 nitrogen and oxygen atoms in total. The summed E-state index contributed by atoms with van der Waals surface area (Å²) >= 11 is 0. The molecular weight excluding hydrogens is 268 g/mol. The lowest BCUT2D eigenvalue weighted by molar-refractivity contribution is 0.0597. The van der Waals surface area contributed by atoms with E-state index in [1.54, 1.807) is 12.1 Å². The molecule has 2 aromatic carbocycles. The van der Waals surface area contributed by atoms with Crippen molar-refractivity contribution in [2.24, 2.45) is 0 Å². The molecule has 0 spiro atoms. The van der Waals surface area contributed by atoms with Gasteiger partial charge in [0.05, 0.1) is 19.3 Å². The van der Waals surface area contributed by atoms with Crippen LogP contribution in [0, 0.1) is 0 Å². The van der Waals surface area contributed by atoms with Gasteiger partial charge in [-0.3, -0.25) is 0 Å². The molecule has 0 aliphatic rings. The van der Waals surface area contributed by atoms with Crippen LogP contribution >= 0.6 is 0 Å². The smallest absolute Gasteiger partial charge is 0.338 e. The van der Waals surface area contributed by atoms with Crippen LogP contribution in [-0.2, 0) is 11.3 Å². The third-order valence-corrected chi connectivity index (χ3v) is 2.93. The monoisotopic (exact) mass is 286 g/mol. The molecule has 0 saturated heterocycles. The van der Waals surface area contributed by atoms with Crippen LogP contribution < -0.4 is 9.47 Å². The second kappa shape index (κ2) is 7.33. The van der Waals surface area contributed by atoms with E-state index in [4.69, 9.17) is 14.2 Å². The van der Waals surface area contributed by atoms with E-state index in [-0.39, 0.29) is 5.97 Å². The topological polar surface area (TPSA) is 44.8 Å². The lowest BCUT2D eigenvalue weighted by Gasteiger charge is -2.11. The predicted molar refractivity (Wildman–Crippen MR) is 79.7 cm³/mol. The van der Waals surface area contributed by atoms with E-state index in [1.807, 2.05) is 43.3 Å². The average molecular weight is 286 g/mol. The Bertz CT molecular complexity index is 607. The largest absolute Gasteiger partial charge is 0.494 e. The highest BCUT2D eigenvalue weighted by Crippen LogP contribution is 2.21. The van der Waals surface area contributed by atoms with Gasteiger partial charge in [0.25, 0.3) is 0 Å². The first-order chi connectivity index (χ1) is 10.2. The molecule has 0 unspecified atom stereocenters. The molecule has 0 aliphatic carbocycles. The molecule has 110 valence electrons. The number of hydrogen-bond donors (Lipinski definition) is 0. The number of methoxy groups -OCH3 is 1. The van der Waals surface area contributed by atoms with Crippen LogP contribution in [-0.4, -0.2) is 19.7 Å². The van der Waals surface area contributed by atoms with Crippen molar-refractivity contribution in [3.63, 3.8) is 0 Å². The molecule has 0 fully saturated rings. The molecule has 0 aliphatic heterocycles. The Balaban J connectivity index is 2.09. The molecule has 0 aromatic heterocycles. The SMILES string of the molecule is CCOc1cccc(OCc2ccccc2C(=O)OC)c1. The second-order valence-electron chi connectivity index (χ2n) is 4.35. The average Bonchev–Trinajstić information content (AvgIpc) is 2.53. The highest BCUT2D eigenvalue weighted by Gasteiger charge is 2.11. The first-order valence-electron chi connectivity index (χ1n) is 6.76. The first-order valence-corrected chi connectivity index (χ1v) is 6.76. The maximum absolute atomic E-state index is 11.7. The van der Waals surface area contributed by atoms with Gasteiger partial charge in [0.2, 0.25) is 0 Å². The summed E-state index contributed by atoms with van der Waals surface area (Å²) in [5.41, 5.74) is 1.30. The van der Waals surface area contributed by atoms with E-state index in [0.717, 1.165) is 11.3 Å². The Morgan fingerprint density at radius 2 is 1.71 bits per heavy atom. The Hall–Kier alpha value is -2.49. The zero-order chi connectivity index (χ0) is 15.1. The van der Waals surface area contributed by atoms with Gasteiger partial charge in [-0.15, -0.1) is 0 Å². The van der Waals surface area contributed by atoms with Crippen molar-refractivity contribution in [3.05, 3.63) is 59.7 Å². The quantitative estimate of drug-likeness (QED) is 0.763. The third kappa shape index (κ3) is 3.99. The molecule has 21 heavy (non-hydrogen) atoms. The first kappa shape index (κ1) is 14.9. The zero-order valence-electron chi connectivity index (χ0n) is 12.2. The molecule has 2 aromatic rings. The van der Waals surface area contributed by atoms with Crippen molar-refractivity contribution in [2.45, 2.75) is 13.5 Å². The normalized spacial score (nSPS) is 10.0. The summed E-state index contributed by atoms with van der Waals surface area (Å²) in [5, 5.41) is 0. The Kier molecular flexibility index (Phi) is 5.21. The van der Waals surface area contributed by atoms with Crippen molar-refractivity contribution in [3.8, 4) is 11.5 Å².